The molecule has 25 heavy (non-hydrogen) atoms. The van der Waals surface area contributed by atoms with Crippen LogP contribution in [0.1, 0.15) is 19.8 Å². The third kappa shape index (κ3) is 4.04. The van der Waals surface area contributed by atoms with Crippen molar-refractivity contribution in [3.05, 3.63) is 17.5 Å². The number of piperidine rings is 1. The summed E-state index contributed by atoms with van der Waals surface area (Å²) in [5.74, 6) is 0.863. The highest BCUT2D eigenvalue weighted by Crippen LogP contribution is 2.27. The van der Waals surface area contributed by atoms with Gasteiger partial charge in [0.2, 0.25) is 11.8 Å². The Bertz CT molecular complexity index is 736. The summed E-state index contributed by atoms with van der Waals surface area (Å²) in [6.45, 7) is 3.98. The van der Waals surface area contributed by atoms with Crippen LogP contribution < -0.4 is 5.73 Å². The predicted octanol–water partition coefficient (Wildman–Crippen LogP) is 1.84. The number of thioether (sulfide) groups is 1. The van der Waals surface area contributed by atoms with Crippen molar-refractivity contribution in [2.45, 2.75) is 31.5 Å². The predicted molar refractivity (Wildman–Crippen MR) is 98.2 cm³/mol. The van der Waals surface area contributed by atoms with Gasteiger partial charge in [0.1, 0.15) is 0 Å². The second kappa shape index (κ2) is 8.01. The van der Waals surface area contributed by atoms with Gasteiger partial charge in [0, 0.05) is 25.6 Å². The van der Waals surface area contributed by atoms with Crippen LogP contribution in [0.5, 0.6) is 0 Å². The molecule has 7 nitrogen and oxygen atoms in total. The number of rotatable bonds is 6. The van der Waals surface area contributed by atoms with Gasteiger partial charge in [-0.15, -0.1) is 21.5 Å². The topological polar surface area (TPSA) is 94.1 Å². The number of carbonyl (C=O) groups excluding carboxylic acids is 2. The van der Waals surface area contributed by atoms with Gasteiger partial charge in [-0.05, 0) is 31.2 Å². The first-order chi connectivity index (χ1) is 12.1. The molecule has 3 rings (SSSR count). The van der Waals surface area contributed by atoms with E-state index in [4.69, 9.17) is 5.73 Å². The lowest BCUT2D eigenvalue weighted by atomic mass is 9.96. The Morgan fingerprint density at radius 1 is 1.36 bits per heavy atom. The highest BCUT2D eigenvalue weighted by atomic mass is 32.2. The maximum atomic E-state index is 12.4. The largest absolute Gasteiger partial charge is 0.369 e. The van der Waals surface area contributed by atoms with Crippen molar-refractivity contribution in [3.63, 3.8) is 0 Å². The first-order valence-electron chi connectivity index (χ1n) is 8.27. The first kappa shape index (κ1) is 17.9. The van der Waals surface area contributed by atoms with Gasteiger partial charge in [0.15, 0.2) is 11.0 Å². The summed E-state index contributed by atoms with van der Waals surface area (Å²) >= 11 is 3.03. The molecule has 0 bridgehead atoms. The minimum absolute atomic E-state index is 0.0660. The molecule has 0 radical (unpaired) electrons. The fourth-order valence-corrected chi connectivity index (χ4v) is 4.52. The van der Waals surface area contributed by atoms with Gasteiger partial charge in [-0.1, -0.05) is 17.8 Å². The maximum Gasteiger partial charge on any atom is 0.233 e. The quantitative estimate of drug-likeness (QED) is 0.773. The number of hydrogen-bond acceptors (Lipinski definition) is 6. The highest BCUT2D eigenvalue weighted by molar-refractivity contribution is 7.99. The molecule has 9 heteroatoms. The van der Waals surface area contributed by atoms with E-state index in [9.17, 15) is 9.59 Å². The van der Waals surface area contributed by atoms with Crippen molar-refractivity contribution in [3.8, 4) is 10.7 Å². The van der Waals surface area contributed by atoms with Gasteiger partial charge < -0.3 is 15.2 Å². The van der Waals surface area contributed by atoms with Crippen LogP contribution in [-0.4, -0.2) is 50.3 Å². The molecule has 2 aromatic rings. The van der Waals surface area contributed by atoms with Crippen molar-refractivity contribution in [1.82, 2.24) is 19.7 Å². The lowest BCUT2D eigenvalue weighted by Gasteiger charge is -2.30. The fraction of sp³-hybridized carbons (Fsp3) is 0.500. The van der Waals surface area contributed by atoms with Crippen LogP contribution in [-0.2, 0) is 16.1 Å². The fourth-order valence-electron chi connectivity index (χ4n) is 2.90. The average molecular weight is 380 g/mol. The minimum Gasteiger partial charge on any atom is -0.369 e. The van der Waals surface area contributed by atoms with Crippen LogP contribution in [0.2, 0.25) is 0 Å². The Hall–Kier alpha value is -1.87. The normalized spacial score (nSPS) is 15.5. The van der Waals surface area contributed by atoms with Crippen LogP contribution in [0.3, 0.4) is 0 Å². The van der Waals surface area contributed by atoms with Gasteiger partial charge in [0.05, 0.1) is 10.6 Å². The van der Waals surface area contributed by atoms with Crippen molar-refractivity contribution >= 4 is 34.9 Å². The van der Waals surface area contributed by atoms with Gasteiger partial charge in [0.25, 0.3) is 0 Å². The summed E-state index contributed by atoms with van der Waals surface area (Å²) in [4.78, 5) is 26.5. The van der Waals surface area contributed by atoms with E-state index in [1.807, 2.05) is 29.0 Å². The average Bonchev–Trinajstić information content (AvgIpc) is 3.28. The van der Waals surface area contributed by atoms with Crippen LogP contribution >= 0.6 is 23.1 Å². The zero-order valence-corrected chi connectivity index (χ0v) is 15.7. The number of aromatic nitrogens is 3. The van der Waals surface area contributed by atoms with E-state index in [2.05, 4.69) is 10.2 Å². The Kier molecular flexibility index (Phi) is 5.74. The molecule has 0 atom stereocenters. The van der Waals surface area contributed by atoms with Crippen molar-refractivity contribution in [1.29, 1.82) is 0 Å². The monoisotopic (exact) mass is 379 g/mol. The molecule has 1 saturated heterocycles. The Morgan fingerprint density at radius 3 is 2.72 bits per heavy atom. The highest BCUT2D eigenvalue weighted by Gasteiger charge is 2.26. The standard InChI is InChI=1S/C16H21N5O2S2/c1-2-21-15(12-4-3-9-24-12)18-19-16(21)25-10-13(22)20-7-5-11(6-8-20)14(17)23/h3-4,9,11H,2,5-8,10H2,1H3,(H2,17,23). The summed E-state index contributed by atoms with van der Waals surface area (Å²) in [5, 5.41) is 11.3. The summed E-state index contributed by atoms with van der Waals surface area (Å²) in [5.41, 5.74) is 5.33. The SMILES string of the molecule is CCn1c(SCC(=O)N2CCC(C(N)=O)CC2)nnc1-c1cccs1. The zero-order chi connectivity index (χ0) is 17.8. The summed E-state index contributed by atoms with van der Waals surface area (Å²) in [6.07, 6.45) is 1.30. The number of nitrogens with zero attached hydrogens (tertiary/aromatic N) is 4. The lowest BCUT2D eigenvalue weighted by molar-refractivity contribution is -0.132. The van der Waals surface area contributed by atoms with Crippen LogP contribution in [0.25, 0.3) is 10.7 Å². The van der Waals surface area contributed by atoms with Gasteiger partial charge >= 0.3 is 0 Å². The van der Waals surface area contributed by atoms with E-state index >= 15 is 0 Å². The number of nitrogens with two attached hydrogens (primary N) is 1. The Balaban J connectivity index is 1.59. The molecule has 0 unspecified atom stereocenters. The van der Waals surface area contributed by atoms with Crippen LogP contribution in [0.15, 0.2) is 22.7 Å². The molecule has 2 amide bonds. The molecule has 0 saturated carbocycles. The molecule has 3 heterocycles. The lowest BCUT2D eigenvalue weighted by Crippen LogP contribution is -2.42. The second-order valence-corrected chi connectivity index (χ2v) is 7.76. The Morgan fingerprint density at radius 2 is 2.12 bits per heavy atom. The third-order valence-corrected chi connectivity index (χ3v) is 6.17. The number of thiophene rings is 1. The molecular formula is C16H21N5O2S2. The van der Waals surface area contributed by atoms with Gasteiger partial charge in [-0.25, -0.2) is 0 Å². The van der Waals surface area contributed by atoms with Crippen LogP contribution in [0, 0.1) is 5.92 Å². The minimum atomic E-state index is -0.265. The maximum absolute atomic E-state index is 12.4. The van der Waals surface area contributed by atoms with E-state index in [0.717, 1.165) is 22.4 Å². The molecule has 2 N–H and O–H groups in total. The number of carbonyl (C=O) groups is 2. The number of primary amides is 1. The second-order valence-electron chi connectivity index (χ2n) is 5.87. The molecule has 134 valence electrons. The summed E-state index contributed by atoms with van der Waals surface area (Å²) in [7, 11) is 0. The van der Waals surface area contributed by atoms with E-state index in [0.29, 0.717) is 31.7 Å². The van der Waals surface area contributed by atoms with E-state index in [-0.39, 0.29) is 17.7 Å². The van der Waals surface area contributed by atoms with Crippen molar-refractivity contribution in [2.24, 2.45) is 11.7 Å². The summed E-state index contributed by atoms with van der Waals surface area (Å²) in [6, 6.07) is 4.00. The molecule has 2 aromatic heterocycles. The molecule has 1 aliphatic rings. The van der Waals surface area contributed by atoms with Gasteiger partial charge in [-0.3, -0.25) is 9.59 Å². The molecule has 1 aliphatic heterocycles. The zero-order valence-electron chi connectivity index (χ0n) is 14.1. The number of hydrogen-bond donors (Lipinski definition) is 1. The molecule has 1 fully saturated rings. The van der Waals surface area contributed by atoms with Crippen molar-refractivity contribution in [2.75, 3.05) is 18.8 Å². The summed E-state index contributed by atoms with van der Waals surface area (Å²) < 4.78 is 2.03. The molecule has 0 aromatic carbocycles. The van der Waals surface area contributed by atoms with Crippen LogP contribution in [0.4, 0.5) is 0 Å². The van der Waals surface area contributed by atoms with Gasteiger partial charge in [-0.2, -0.15) is 0 Å². The smallest absolute Gasteiger partial charge is 0.233 e. The number of amides is 2. The molecule has 0 aliphatic carbocycles. The molecular weight excluding hydrogens is 358 g/mol. The van der Waals surface area contributed by atoms with E-state index in [1.165, 1.54) is 11.8 Å². The Labute approximate surface area is 154 Å². The number of likely N-dealkylation sites (tertiary alicyclic amines) is 1. The third-order valence-electron chi connectivity index (χ3n) is 4.35. The first-order valence-corrected chi connectivity index (χ1v) is 10.1. The van der Waals surface area contributed by atoms with E-state index < -0.39 is 0 Å². The van der Waals surface area contributed by atoms with Crippen molar-refractivity contribution < 1.29 is 9.59 Å². The molecule has 0 spiro atoms. The van der Waals surface area contributed by atoms with E-state index in [1.54, 1.807) is 16.2 Å².